The van der Waals surface area contributed by atoms with Crippen molar-refractivity contribution in [3.8, 4) is 11.3 Å². The molecule has 0 fully saturated rings. The lowest BCUT2D eigenvalue weighted by molar-refractivity contribution is 0.704. The second kappa shape index (κ2) is 4.97. The van der Waals surface area contributed by atoms with Crippen molar-refractivity contribution in [3.63, 3.8) is 0 Å². The maximum atomic E-state index is 5.74. The molecule has 3 N–H and O–H groups in total. The Bertz CT molecular complexity index is 446. The van der Waals surface area contributed by atoms with Gasteiger partial charge in [0.25, 0.3) is 0 Å². The Hall–Kier alpha value is -1.88. The number of nitrogens with zero attached hydrogens (tertiary/aromatic N) is 3. The van der Waals surface area contributed by atoms with Crippen molar-refractivity contribution >= 4 is 5.95 Å². The molecule has 0 aliphatic heterocycles. The molecule has 0 aliphatic rings. The molecule has 0 aromatic carbocycles. The van der Waals surface area contributed by atoms with Crippen LogP contribution < -0.4 is 10.6 Å². The minimum absolute atomic E-state index is 0.103. The van der Waals surface area contributed by atoms with Gasteiger partial charge in [0, 0.05) is 49.5 Å². The molecule has 0 spiro atoms. The van der Waals surface area contributed by atoms with Gasteiger partial charge in [-0.15, -0.1) is 0 Å². The molecule has 0 saturated carbocycles. The van der Waals surface area contributed by atoms with Crippen molar-refractivity contribution in [1.29, 1.82) is 0 Å². The lowest BCUT2D eigenvalue weighted by Gasteiger charge is -2.18. The predicted molar refractivity (Wildman–Crippen MR) is 68.7 cm³/mol. The van der Waals surface area contributed by atoms with Crippen molar-refractivity contribution in [3.05, 3.63) is 30.7 Å². The highest BCUT2D eigenvalue weighted by Gasteiger charge is 2.07. The Balaban J connectivity index is 2.13. The van der Waals surface area contributed by atoms with E-state index in [0.717, 1.165) is 17.8 Å². The van der Waals surface area contributed by atoms with Crippen molar-refractivity contribution in [2.45, 2.75) is 13.0 Å². The summed E-state index contributed by atoms with van der Waals surface area (Å²) < 4.78 is 0. The average molecular weight is 231 g/mol. The van der Waals surface area contributed by atoms with E-state index in [1.807, 2.05) is 49.6 Å². The van der Waals surface area contributed by atoms with E-state index in [2.05, 4.69) is 15.0 Å². The van der Waals surface area contributed by atoms with Gasteiger partial charge in [0.2, 0.25) is 5.95 Å². The molecule has 2 aromatic heterocycles. The van der Waals surface area contributed by atoms with Crippen LogP contribution in [0.2, 0.25) is 0 Å². The summed E-state index contributed by atoms with van der Waals surface area (Å²) in [5, 5.41) is 0. The number of rotatable bonds is 4. The summed E-state index contributed by atoms with van der Waals surface area (Å²) in [6.07, 6.45) is 5.50. The monoisotopic (exact) mass is 231 g/mol. The van der Waals surface area contributed by atoms with Gasteiger partial charge >= 0.3 is 0 Å². The summed E-state index contributed by atoms with van der Waals surface area (Å²) in [5.74, 6) is 0.692. The molecule has 2 heterocycles. The number of nitrogens with one attached hydrogen (secondary N) is 1. The molecule has 0 saturated heterocycles. The SMILES string of the molecule is CC(N)CN(C)c1ncc(-c2ccc[nH]2)cn1. The summed E-state index contributed by atoms with van der Waals surface area (Å²) >= 11 is 0. The molecule has 90 valence electrons. The van der Waals surface area contributed by atoms with E-state index in [9.17, 15) is 0 Å². The molecule has 2 rings (SSSR count). The third-order valence-electron chi connectivity index (χ3n) is 2.45. The fourth-order valence-corrected chi connectivity index (χ4v) is 1.68. The van der Waals surface area contributed by atoms with Crippen LogP contribution in [0.1, 0.15) is 6.92 Å². The zero-order valence-corrected chi connectivity index (χ0v) is 10.1. The van der Waals surface area contributed by atoms with Crippen molar-refractivity contribution in [1.82, 2.24) is 15.0 Å². The number of hydrogen-bond acceptors (Lipinski definition) is 4. The van der Waals surface area contributed by atoms with E-state index in [1.165, 1.54) is 0 Å². The van der Waals surface area contributed by atoms with Crippen LogP contribution >= 0.6 is 0 Å². The second-order valence-corrected chi connectivity index (χ2v) is 4.21. The van der Waals surface area contributed by atoms with Crippen LogP contribution in [0, 0.1) is 0 Å². The molecule has 1 atom stereocenters. The minimum atomic E-state index is 0.103. The molecule has 0 amide bonds. The van der Waals surface area contributed by atoms with Crippen LogP contribution in [0.3, 0.4) is 0 Å². The van der Waals surface area contributed by atoms with E-state index < -0.39 is 0 Å². The first kappa shape index (κ1) is 11.6. The Kier molecular flexibility index (Phi) is 3.39. The summed E-state index contributed by atoms with van der Waals surface area (Å²) in [6.45, 7) is 2.70. The van der Waals surface area contributed by atoms with E-state index in [-0.39, 0.29) is 6.04 Å². The van der Waals surface area contributed by atoms with Gasteiger partial charge in [0.1, 0.15) is 0 Å². The molecule has 0 radical (unpaired) electrons. The molecule has 0 bridgehead atoms. The number of likely N-dealkylation sites (N-methyl/N-ethyl adjacent to an activating group) is 1. The first-order valence-electron chi connectivity index (χ1n) is 5.59. The average Bonchev–Trinajstić information content (AvgIpc) is 2.82. The summed E-state index contributed by atoms with van der Waals surface area (Å²) in [6, 6.07) is 4.04. The van der Waals surface area contributed by atoms with Gasteiger partial charge in [-0.2, -0.15) is 0 Å². The third kappa shape index (κ3) is 2.82. The molecule has 1 unspecified atom stereocenters. The largest absolute Gasteiger partial charge is 0.361 e. The predicted octanol–water partition coefficient (Wildman–Crippen LogP) is 1.26. The van der Waals surface area contributed by atoms with Crippen molar-refractivity contribution < 1.29 is 0 Å². The van der Waals surface area contributed by atoms with Crippen molar-refractivity contribution in [2.24, 2.45) is 5.73 Å². The summed E-state index contributed by atoms with van der Waals surface area (Å²) in [4.78, 5) is 13.7. The number of nitrogens with two attached hydrogens (primary N) is 1. The second-order valence-electron chi connectivity index (χ2n) is 4.21. The molecular weight excluding hydrogens is 214 g/mol. The van der Waals surface area contributed by atoms with Crippen LogP contribution in [-0.4, -0.2) is 34.6 Å². The van der Waals surface area contributed by atoms with Crippen LogP contribution in [0.5, 0.6) is 0 Å². The molecule has 0 aliphatic carbocycles. The Morgan fingerprint density at radius 3 is 2.65 bits per heavy atom. The summed E-state index contributed by atoms with van der Waals surface area (Å²) in [7, 11) is 1.94. The molecule has 17 heavy (non-hydrogen) atoms. The normalized spacial score (nSPS) is 12.4. The van der Waals surface area contributed by atoms with Gasteiger partial charge in [0.15, 0.2) is 0 Å². The highest BCUT2D eigenvalue weighted by atomic mass is 15.2. The first-order chi connectivity index (χ1) is 8.16. The zero-order chi connectivity index (χ0) is 12.3. The number of aromatic amines is 1. The van der Waals surface area contributed by atoms with Gasteiger partial charge in [-0.05, 0) is 19.1 Å². The highest BCUT2D eigenvalue weighted by Crippen LogP contribution is 2.16. The molecule has 2 aromatic rings. The van der Waals surface area contributed by atoms with Gasteiger partial charge < -0.3 is 15.6 Å². The van der Waals surface area contributed by atoms with E-state index in [4.69, 9.17) is 5.73 Å². The minimum Gasteiger partial charge on any atom is -0.361 e. The third-order valence-corrected chi connectivity index (χ3v) is 2.45. The topological polar surface area (TPSA) is 70.8 Å². The van der Waals surface area contributed by atoms with Crippen LogP contribution in [-0.2, 0) is 0 Å². The number of aromatic nitrogens is 3. The maximum absolute atomic E-state index is 5.74. The molecule has 5 heteroatoms. The van der Waals surface area contributed by atoms with E-state index in [0.29, 0.717) is 5.95 Å². The Labute approximate surface area is 101 Å². The number of hydrogen-bond donors (Lipinski definition) is 2. The first-order valence-corrected chi connectivity index (χ1v) is 5.59. The summed E-state index contributed by atoms with van der Waals surface area (Å²) in [5.41, 5.74) is 7.73. The number of anilines is 1. The molecular formula is C12H17N5. The van der Waals surface area contributed by atoms with Crippen LogP contribution in [0.4, 0.5) is 5.95 Å². The Morgan fingerprint density at radius 1 is 1.41 bits per heavy atom. The smallest absolute Gasteiger partial charge is 0.225 e. The van der Waals surface area contributed by atoms with Crippen LogP contribution in [0.15, 0.2) is 30.7 Å². The number of H-pyrrole nitrogens is 1. The Morgan fingerprint density at radius 2 is 2.12 bits per heavy atom. The van der Waals surface area contributed by atoms with Gasteiger partial charge in [0.05, 0.1) is 0 Å². The lowest BCUT2D eigenvalue weighted by Crippen LogP contribution is -2.33. The zero-order valence-electron chi connectivity index (χ0n) is 10.1. The lowest BCUT2D eigenvalue weighted by atomic mass is 10.2. The standard InChI is InChI=1S/C12H17N5/c1-9(13)8-17(2)12-15-6-10(7-16-12)11-4-3-5-14-11/h3-7,9,14H,8,13H2,1-2H3. The fourth-order valence-electron chi connectivity index (χ4n) is 1.68. The van der Waals surface area contributed by atoms with Crippen LogP contribution in [0.25, 0.3) is 11.3 Å². The van der Waals surface area contributed by atoms with Gasteiger partial charge in [-0.25, -0.2) is 9.97 Å². The maximum Gasteiger partial charge on any atom is 0.225 e. The van der Waals surface area contributed by atoms with Gasteiger partial charge in [-0.1, -0.05) is 0 Å². The van der Waals surface area contributed by atoms with E-state index >= 15 is 0 Å². The van der Waals surface area contributed by atoms with Gasteiger partial charge in [-0.3, -0.25) is 0 Å². The fraction of sp³-hybridized carbons (Fsp3) is 0.333. The highest BCUT2D eigenvalue weighted by molar-refractivity contribution is 5.57. The van der Waals surface area contributed by atoms with E-state index in [1.54, 1.807) is 0 Å². The van der Waals surface area contributed by atoms with Crippen molar-refractivity contribution in [2.75, 3.05) is 18.5 Å². The quantitative estimate of drug-likeness (QED) is 0.831. The molecule has 5 nitrogen and oxygen atoms in total.